The van der Waals surface area contributed by atoms with E-state index in [1.165, 1.54) is 6.92 Å². The molecule has 2 fully saturated rings. The molecule has 2 saturated heterocycles. The lowest BCUT2D eigenvalue weighted by Gasteiger charge is -2.21. The minimum atomic E-state index is -0.823. The van der Waals surface area contributed by atoms with Gasteiger partial charge in [0.05, 0.1) is 12.2 Å². The van der Waals surface area contributed by atoms with Crippen molar-refractivity contribution < 1.29 is 28.9 Å². The number of hydrogen-bond donors (Lipinski definition) is 1. The quantitative estimate of drug-likeness (QED) is 0.723. The summed E-state index contributed by atoms with van der Waals surface area (Å²) in [5.74, 6) is -0.610. The van der Waals surface area contributed by atoms with Crippen LogP contribution in [-0.2, 0) is 23.8 Å². The number of ether oxygens (including phenoxy) is 3. The second-order valence-corrected chi connectivity index (χ2v) is 4.73. The van der Waals surface area contributed by atoms with Gasteiger partial charge in [0.15, 0.2) is 0 Å². The summed E-state index contributed by atoms with van der Waals surface area (Å²) in [5, 5.41) is 9.80. The van der Waals surface area contributed by atoms with Crippen molar-refractivity contribution in [1.29, 1.82) is 0 Å². The van der Waals surface area contributed by atoms with Gasteiger partial charge in [-0.15, -0.1) is 0 Å². The van der Waals surface area contributed by atoms with Crippen molar-refractivity contribution >= 4 is 11.9 Å². The summed E-state index contributed by atoms with van der Waals surface area (Å²) in [6, 6.07) is 0. The van der Waals surface area contributed by atoms with Gasteiger partial charge in [-0.1, -0.05) is 0 Å². The van der Waals surface area contributed by atoms with Crippen molar-refractivity contribution in [1.82, 2.24) is 0 Å². The van der Waals surface area contributed by atoms with Crippen LogP contribution in [0.5, 0.6) is 0 Å². The van der Waals surface area contributed by atoms with Crippen LogP contribution < -0.4 is 0 Å². The molecule has 0 amide bonds. The monoisotopic (exact) mass is 258 g/mol. The molecule has 0 aromatic rings. The molecule has 0 spiro atoms. The first-order chi connectivity index (χ1) is 8.56. The molecular formula is C12H18O6. The lowest BCUT2D eigenvalue weighted by atomic mass is 10.1. The average molecular weight is 258 g/mol. The van der Waals surface area contributed by atoms with Gasteiger partial charge in [0.25, 0.3) is 0 Å². The number of rotatable bonds is 4. The zero-order valence-electron chi connectivity index (χ0n) is 10.3. The van der Waals surface area contributed by atoms with E-state index < -0.39 is 12.1 Å². The summed E-state index contributed by atoms with van der Waals surface area (Å²) in [5.41, 5.74) is 0. The Labute approximate surface area is 105 Å². The van der Waals surface area contributed by atoms with Crippen LogP contribution in [0.15, 0.2) is 0 Å². The first-order valence-electron chi connectivity index (χ1n) is 6.22. The van der Waals surface area contributed by atoms with Crippen molar-refractivity contribution in [3.8, 4) is 0 Å². The molecule has 18 heavy (non-hydrogen) atoms. The smallest absolute Gasteiger partial charge is 0.306 e. The topological polar surface area (TPSA) is 82.1 Å². The van der Waals surface area contributed by atoms with Gasteiger partial charge in [-0.25, -0.2) is 0 Å². The van der Waals surface area contributed by atoms with Crippen molar-refractivity contribution in [2.45, 2.75) is 57.0 Å². The van der Waals surface area contributed by atoms with Gasteiger partial charge < -0.3 is 19.3 Å². The van der Waals surface area contributed by atoms with E-state index in [-0.39, 0.29) is 30.9 Å². The molecule has 6 nitrogen and oxygen atoms in total. The Morgan fingerprint density at radius 2 is 2.22 bits per heavy atom. The van der Waals surface area contributed by atoms with Gasteiger partial charge in [0.1, 0.15) is 18.8 Å². The second kappa shape index (κ2) is 5.67. The predicted molar refractivity (Wildman–Crippen MR) is 59.6 cm³/mol. The fourth-order valence-corrected chi connectivity index (χ4v) is 2.36. The van der Waals surface area contributed by atoms with Crippen LogP contribution in [0.4, 0.5) is 0 Å². The van der Waals surface area contributed by atoms with E-state index in [4.69, 9.17) is 14.2 Å². The summed E-state index contributed by atoms with van der Waals surface area (Å²) < 4.78 is 15.5. The van der Waals surface area contributed by atoms with E-state index in [9.17, 15) is 14.7 Å². The van der Waals surface area contributed by atoms with Gasteiger partial charge in [0, 0.05) is 13.3 Å². The normalized spacial score (nSPS) is 33.2. The largest absolute Gasteiger partial charge is 0.463 e. The summed E-state index contributed by atoms with van der Waals surface area (Å²) in [4.78, 5) is 21.7. The predicted octanol–water partition coefficient (Wildman–Crippen LogP) is 0.164. The zero-order valence-corrected chi connectivity index (χ0v) is 10.3. The molecule has 0 aromatic heterocycles. The maximum absolute atomic E-state index is 11.0. The molecule has 0 saturated carbocycles. The number of aliphatic hydroxyl groups excluding tert-OH is 1. The van der Waals surface area contributed by atoms with Crippen LogP contribution in [0.2, 0.25) is 0 Å². The molecule has 0 unspecified atom stereocenters. The minimum absolute atomic E-state index is 0.0584. The Kier molecular flexibility index (Phi) is 4.19. The highest BCUT2D eigenvalue weighted by Gasteiger charge is 2.39. The first kappa shape index (κ1) is 13.3. The Bertz CT molecular complexity index is 329. The molecule has 2 aliphatic heterocycles. The summed E-state index contributed by atoms with van der Waals surface area (Å²) in [6.07, 6.45) is 1.03. The molecule has 1 N–H and O–H groups in total. The third kappa shape index (κ3) is 3.20. The highest BCUT2D eigenvalue weighted by atomic mass is 16.6. The Morgan fingerprint density at radius 3 is 2.83 bits per heavy atom. The highest BCUT2D eigenvalue weighted by molar-refractivity contribution is 5.71. The average Bonchev–Trinajstić information content (AvgIpc) is 2.93. The van der Waals surface area contributed by atoms with Crippen LogP contribution in [0.25, 0.3) is 0 Å². The number of esters is 2. The van der Waals surface area contributed by atoms with Crippen molar-refractivity contribution in [2.75, 3.05) is 6.61 Å². The van der Waals surface area contributed by atoms with E-state index in [1.54, 1.807) is 0 Å². The Hall–Kier alpha value is -1.14. The fourth-order valence-electron chi connectivity index (χ4n) is 2.36. The highest BCUT2D eigenvalue weighted by Crippen LogP contribution is 2.30. The number of hydrogen-bond acceptors (Lipinski definition) is 6. The molecule has 0 bridgehead atoms. The van der Waals surface area contributed by atoms with E-state index >= 15 is 0 Å². The van der Waals surface area contributed by atoms with Crippen molar-refractivity contribution in [3.05, 3.63) is 0 Å². The molecule has 0 aromatic carbocycles. The lowest BCUT2D eigenvalue weighted by molar-refractivity contribution is -0.153. The van der Waals surface area contributed by atoms with Crippen molar-refractivity contribution in [3.63, 3.8) is 0 Å². The van der Waals surface area contributed by atoms with Crippen LogP contribution in [0.1, 0.15) is 32.6 Å². The van der Waals surface area contributed by atoms with Crippen LogP contribution in [0.3, 0.4) is 0 Å². The van der Waals surface area contributed by atoms with Gasteiger partial charge in [-0.2, -0.15) is 0 Å². The summed E-state index contributed by atoms with van der Waals surface area (Å²) in [7, 11) is 0. The van der Waals surface area contributed by atoms with E-state index in [2.05, 4.69) is 0 Å². The number of cyclic esters (lactones) is 1. The minimum Gasteiger partial charge on any atom is -0.463 e. The fraction of sp³-hybridized carbons (Fsp3) is 0.833. The van der Waals surface area contributed by atoms with Crippen LogP contribution in [-0.4, -0.2) is 48.1 Å². The molecule has 0 aliphatic carbocycles. The number of carbonyl (C=O) groups excluding carboxylic acids is 2. The van der Waals surface area contributed by atoms with Crippen LogP contribution >= 0.6 is 0 Å². The molecule has 2 aliphatic rings. The third-order valence-electron chi connectivity index (χ3n) is 3.30. The van der Waals surface area contributed by atoms with E-state index in [1.807, 2.05) is 0 Å². The molecule has 102 valence electrons. The van der Waals surface area contributed by atoms with Gasteiger partial charge in [-0.3, -0.25) is 9.59 Å². The maximum Gasteiger partial charge on any atom is 0.306 e. The summed E-state index contributed by atoms with van der Waals surface area (Å²) in [6.45, 7) is 1.24. The third-order valence-corrected chi connectivity index (χ3v) is 3.30. The van der Waals surface area contributed by atoms with Gasteiger partial charge in [-0.05, 0) is 19.3 Å². The second-order valence-electron chi connectivity index (χ2n) is 4.73. The number of aliphatic hydroxyl groups is 1. The number of carbonyl (C=O) groups is 2. The summed E-state index contributed by atoms with van der Waals surface area (Å²) >= 11 is 0. The molecule has 0 radical (unpaired) electrons. The standard InChI is InChI=1S/C12H18O6/c1-7(13)16-6-8(14)9-2-3-10(17-9)11-4-5-12(15)18-11/h8-11,14H,2-6H2,1H3/t8-,9-,10+,11-/m1/s1. The first-order valence-corrected chi connectivity index (χ1v) is 6.22. The Morgan fingerprint density at radius 1 is 1.44 bits per heavy atom. The van der Waals surface area contributed by atoms with Gasteiger partial charge >= 0.3 is 11.9 Å². The molecule has 2 rings (SSSR count). The molecular weight excluding hydrogens is 240 g/mol. The van der Waals surface area contributed by atoms with Crippen LogP contribution in [0, 0.1) is 0 Å². The van der Waals surface area contributed by atoms with Gasteiger partial charge in [0.2, 0.25) is 0 Å². The maximum atomic E-state index is 11.0. The van der Waals surface area contributed by atoms with E-state index in [0.717, 1.165) is 6.42 Å². The SMILES string of the molecule is CC(=O)OC[C@@H](O)[C@H]1CC[C@@H]([C@H]2CCC(=O)O2)O1. The molecule has 4 atom stereocenters. The van der Waals surface area contributed by atoms with Crippen molar-refractivity contribution in [2.24, 2.45) is 0 Å². The Balaban J connectivity index is 1.77. The molecule has 2 heterocycles. The zero-order chi connectivity index (χ0) is 13.1. The van der Waals surface area contributed by atoms with E-state index in [0.29, 0.717) is 19.3 Å². The molecule has 6 heteroatoms. The lowest BCUT2D eigenvalue weighted by Crippen LogP contribution is -2.34.